The predicted octanol–water partition coefficient (Wildman–Crippen LogP) is 2.10. The molecule has 1 aliphatic rings. The van der Waals surface area contributed by atoms with Crippen molar-refractivity contribution in [1.29, 1.82) is 0 Å². The highest BCUT2D eigenvalue weighted by Gasteiger charge is 2.30. The zero-order valence-electron chi connectivity index (χ0n) is 11.1. The van der Waals surface area contributed by atoms with Crippen LogP contribution in [-0.4, -0.2) is 22.1 Å². The number of thioether (sulfide) groups is 1. The first kappa shape index (κ1) is 13.8. The van der Waals surface area contributed by atoms with Crippen molar-refractivity contribution in [2.24, 2.45) is 0 Å². The number of halogens is 1. The molecule has 2 N–H and O–H groups in total. The van der Waals surface area contributed by atoms with Gasteiger partial charge in [-0.25, -0.2) is 9.37 Å². The van der Waals surface area contributed by atoms with Crippen LogP contribution in [0.3, 0.4) is 0 Å². The van der Waals surface area contributed by atoms with Gasteiger partial charge in [-0.3, -0.25) is 9.59 Å². The molecule has 0 radical (unpaired) electrons. The van der Waals surface area contributed by atoms with E-state index in [0.717, 1.165) is 0 Å². The molecule has 0 bridgehead atoms. The standard InChI is InChI=1S/C14H12FN3O2S/c1-21-14-17-12-11(13(20)18-14)9(6-10(19)16-12)7-3-2-4-8(15)5-7/h2-5,9H,6H2,1H3,(H2,16,17,18,19,20)/t9-/m1/s1. The average Bonchev–Trinajstić information content (AvgIpc) is 2.45. The molecule has 0 spiro atoms. The predicted molar refractivity (Wildman–Crippen MR) is 78.1 cm³/mol. The SMILES string of the molecule is CSc1nc2c(c(=O)[nH]1)[C@@H](c1cccc(F)c1)CC(=O)N2. The van der Waals surface area contributed by atoms with E-state index in [1.165, 1.54) is 23.9 Å². The lowest BCUT2D eigenvalue weighted by Gasteiger charge is -2.24. The Morgan fingerprint density at radius 2 is 2.19 bits per heavy atom. The van der Waals surface area contributed by atoms with Crippen LogP contribution in [0.15, 0.2) is 34.2 Å². The number of hydrogen-bond donors (Lipinski definition) is 2. The Morgan fingerprint density at radius 1 is 1.38 bits per heavy atom. The highest BCUT2D eigenvalue weighted by Crippen LogP contribution is 2.34. The van der Waals surface area contributed by atoms with E-state index in [9.17, 15) is 14.0 Å². The van der Waals surface area contributed by atoms with Crippen molar-refractivity contribution >= 4 is 23.5 Å². The van der Waals surface area contributed by atoms with E-state index in [-0.39, 0.29) is 23.7 Å². The van der Waals surface area contributed by atoms with Crippen LogP contribution in [0.2, 0.25) is 0 Å². The van der Waals surface area contributed by atoms with Crippen molar-refractivity contribution in [3.05, 3.63) is 51.6 Å². The van der Waals surface area contributed by atoms with Gasteiger partial charge in [0.2, 0.25) is 5.91 Å². The second-order valence-corrected chi connectivity index (χ2v) is 5.49. The smallest absolute Gasteiger partial charge is 0.257 e. The number of carbonyl (C=O) groups is 1. The lowest BCUT2D eigenvalue weighted by Crippen LogP contribution is -2.31. The van der Waals surface area contributed by atoms with E-state index < -0.39 is 11.7 Å². The van der Waals surface area contributed by atoms with Gasteiger partial charge in [0.15, 0.2) is 5.16 Å². The molecule has 1 aromatic heterocycles. The van der Waals surface area contributed by atoms with Gasteiger partial charge in [-0.2, -0.15) is 0 Å². The Hall–Kier alpha value is -2.15. The van der Waals surface area contributed by atoms with Crippen molar-refractivity contribution in [1.82, 2.24) is 9.97 Å². The van der Waals surface area contributed by atoms with E-state index in [1.54, 1.807) is 18.4 Å². The minimum atomic E-state index is -0.489. The summed E-state index contributed by atoms with van der Waals surface area (Å²) in [5.41, 5.74) is 0.659. The molecule has 0 saturated heterocycles. The van der Waals surface area contributed by atoms with Crippen LogP contribution >= 0.6 is 11.8 Å². The number of nitrogens with one attached hydrogen (secondary N) is 2. The number of rotatable bonds is 2. The van der Waals surface area contributed by atoms with Crippen LogP contribution in [-0.2, 0) is 4.79 Å². The van der Waals surface area contributed by atoms with Crippen LogP contribution in [0.4, 0.5) is 10.2 Å². The first-order chi connectivity index (χ1) is 10.1. The molecule has 108 valence electrons. The van der Waals surface area contributed by atoms with Gasteiger partial charge >= 0.3 is 0 Å². The number of fused-ring (bicyclic) bond motifs is 1. The highest BCUT2D eigenvalue weighted by molar-refractivity contribution is 7.98. The molecule has 0 saturated carbocycles. The fourth-order valence-corrected chi connectivity index (χ4v) is 2.83. The van der Waals surface area contributed by atoms with Gasteiger partial charge in [0.25, 0.3) is 5.56 Å². The van der Waals surface area contributed by atoms with Crippen LogP contribution in [0.1, 0.15) is 23.5 Å². The molecule has 1 atom stereocenters. The molecule has 5 nitrogen and oxygen atoms in total. The fraction of sp³-hybridized carbons (Fsp3) is 0.214. The summed E-state index contributed by atoms with van der Waals surface area (Å²) in [4.78, 5) is 31.0. The Labute approximate surface area is 124 Å². The third-order valence-electron chi connectivity index (χ3n) is 3.37. The quantitative estimate of drug-likeness (QED) is 0.658. The Kier molecular flexibility index (Phi) is 3.50. The molecule has 21 heavy (non-hydrogen) atoms. The molecule has 2 aromatic rings. The molecule has 0 unspecified atom stereocenters. The summed E-state index contributed by atoms with van der Waals surface area (Å²) in [6.07, 6.45) is 1.87. The van der Waals surface area contributed by atoms with Gasteiger partial charge in [0, 0.05) is 12.3 Å². The summed E-state index contributed by atoms with van der Waals surface area (Å²) in [5, 5.41) is 3.04. The maximum absolute atomic E-state index is 13.4. The lowest BCUT2D eigenvalue weighted by molar-refractivity contribution is -0.116. The fourth-order valence-electron chi connectivity index (χ4n) is 2.46. The van der Waals surface area contributed by atoms with Crippen molar-refractivity contribution in [3.8, 4) is 0 Å². The summed E-state index contributed by atoms with van der Waals surface area (Å²) >= 11 is 1.28. The maximum Gasteiger partial charge on any atom is 0.257 e. The van der Waals surface area contributed by atoms with E-state index in [0.29, 0.717) is 16.3 Å². The van der Waals surface area contributed by atoms with Gasteiger partial charge < -0.3 is 10.3 Å². The molecule has 2 heterocycles. The zero-order chi connectivity index (χ0) is 15.0. The molecular formula is C14H12FN3O2S. The van der Waals surface area contributed by atoms with Gasteiger partial charge in [0.1, 0.15) is 11.6 Å². The van der Waals surface area contributed by atoms with Gasteiger partial charge in [-0.1, -0.05) is 23.9 Å². The Bertz CT molecular complexity index is 775. The summed E-state index contributed by atoms with van der Waals surface area (Å²) in [5.74, 6) is -0.864. The van der Waals surface area contributed by atoms with E-state index in [2.05, 4.69) is 15.3 Å². The second kappa shape index (κ2) is 5.33. The van der Waals surface area contributed by atoms with Crippen LogP contribution in [0.5, 0.6) is 0 Å². The molecule has 7 heteroatoms. The van der Waals surface area contributed by atoms with Crippen molar-refractivity contribution in [2.45, 2.75) is 17.5 Å². The normalized spacial score (nSPS) is 17.2. The molecule has 0 aliphatic carbocycles. The molecule has 1 amide bonds. The summed E-state index contributed by atoms with van der Waals surface area (Å²) < 4.78 is 13.4. The third-order valence-corrected chi connectivity index (χ3v) is 3.95. The van der Waals surface area contributed by atoms with Crippen molar-refractivity contribution in [2.75, 3.05) is 11.6 Å². The summed E-state index contributed by atoms with van der Waals surface area (Å²) in [7, 11) is 0. The van der Waals surface area contributed by atoms with Crippen LogP contribution in [0, 0.1) is 5.82 Å². The van der Waals surface area contributed by atoms with E-state index in [1.807, 2.05) is 0 Å². The van der Waals surface area contributed by atoms with Crippen molar-refractivity contribution in [3.63, 3.8) is 0 Å². The number of aromatic nitrogens is 2. The number of benzene rings is 1. The lowest BCUT2D eigenvalue weighted by atomic mass is 9.87. The number of aromatic amines is 1. The Morgan fingerprint density at radius 3 is 2.90 bits per heavy atom. The number of anilines is 1. The number of nitrogens with zero attached hydrogens (tertiary/aromatic N) is 1. The average molecular weight is 305 g/mol. The zero-order valence-corrected chi connectivity index (χ0v) is 12.0. The van der Waals surface area contributed by atoms with Crippen LogP contribution in [0.25, 0.3) is 0 Å². The Balaban J connectivity index is 2.18. The van der Waals surface area contributed by atoms with Gasteiger partial charge in [-0.15, -0.1) is 0 Å². The minimum Gasteiger partial charge on any atom is -0.310 e. The monoisotopic (exact) mass is 305 g/mol. The topological polar surface area (TPSA) is 74.8 Å². The van der Waals surface area contributed by atoms with Gasteiger partial charge in [0.05, 0.1) is 5.56 Å². The third kappa shape index (κ3) is 2.56. The molecule has 1 aliphatic heterocycles. The summed E-state index contributed by atoms with van der Waals surface area (Å²) in [6.45, 7) is 0. The van der Waals surface area contributed by atoms with E-state index in [4.69, 9.17) is 0 Å². The first-order valence-corrected chi connectivity index (χ1v) is 7.54. The first-order valence-electron chi connectivity index (χ1n) is 6.32. The molecule has 1 aromatic carbocycles. The molecule has 3 rings (SSSR count). The highest BCUT2D eigenvalue weighted by atomic mass is 32.2. The van der Waals surface area contributed by atoms with Gasteiger partial charge in [-0.05, 0) is 24.0 Å². The number of hydrogen-bond acceptors (Lipinski definition) is 4. The maximum atomic E-state index is 13.4. The number of carbonyl (C=O) groups excluding carboxylic acids is 1. The molecular weight excluding hydrogens is 293 g/mol. The minimum absolute atomic E-state index is 0.0971. The van der Waals surface area contributed by atoms with E-state index >= 15 is 0 Å². The largest absolute Gasteiger partial charge is 0.310 e. The summed E-state index contributed by atoms with van der Waals surface area (Å²) in [6, 6.07) is 5.94. The number of amides is 1. The van der Waals surface area contributed by atoms with Crippen LogP contribution < -0.4 is 10.9 Å². The molecule has 0 fully saturated rings. The van der Waals surface area contributed by atoms with Crippen molar-refractivity contribution < 1.29 is 9.18 Å². The number of H-pyrrole nitrogens is 1. The second-order valence-electron chi connectivity index (χ2n) is 4.70.